The van der Waals surface area contributed by atoms with Crippen molar-refractivity contribution in [3.05, 3.63) is 71.5 Å². The fourth-order valence-electron chi connectivity index (χ4n) is 4.05. The quantitative estimate of drug-likeness (QED) is 0.706. The largest absolute Gasteiger partial charge is 0.352 e. The lowest BCUT2D eigenvalue weighted by Gasteiger charge is -2.31. The van der Waals surface area contributed by atoms with Gasteiger partial charge in [-0.1, -0.05) is 67.8 Å². The number of hydrogen-bond donors (Lipinski definition) is 1. The molecule has 4 nitrogen and oxygen atoms in total. The van der Waals surface area contributed by atoms with Crippen molar-refractivity contribution in [1.29, 1.82) is 0 Å². The maximum atomic E-state index is 14.1. The molecule has 1 aliphatic carbocycles. The minimum Gasteiger partial charge on any atom is -0.352 e. The summed E-state index contributed by atoms with van der Waals surface area (Å²) >= 11 is 0. The van der Waals surface area contributed by atoms with Gasteiger partial charge in [-0.05, 0) is 43.4 Å². The molecule has 5 heteroatoms. The highest BCUT2D eigenvalue weighted by atomic mass is 19.1. The van der Waals surface area contributed by atoms with E-state index in [0.717, 1.165) is 31.2 Å². The van der Waals surface area contributed by atoms with Crippen LogP contribution in [-0.2, 0) is 22.4 Å². The van der Waals surface area contributed by atoms with Gasteiger partial charge in [0.1, 0.15) is 11.9 Å². The predicted molar refractivity (Wildman–Crippen MR) is 116 cm³/mol. The van der Waals surface area contributed by atoms with Gasteiger partial charge in [0.15, 0.2) is 0 Å². The van der Waals surface area contributed by atoms with E-state index < -0.39 is 11.9 Å². The van der Waals surface area contributed by atoms with Gasteiger partial charge in [-0.3, -0.25) is 9.59 Å². The van der Waals surface area contributed by atoms with Gasteiger partial charge in [-0.15, -0.1) is 0 Å². The molecule has 160 valence electrons. The SMILES string of the molecule is C[C@H](C(=O)NC1CCCCC1)N(CCc1ccccc1)C(=O)Cc1ccccc1F. The summed E-state index contributed by atoms with van der Waals surface area (Å²) in [4.78, 5) is 27.6. The first-order valence-corrected chi connectivity index (χ1v) is 10.9. The molecule has 0 spiro atoms. The Kier molecular flexibility index (Phi) is 8.00. The lowest BCUT2D eigenvalue weighted by Crippen LogP contribution is -2.51. The van der Waals surface area contributed by atoms with Gasteiger partial charge in [-0.2, -0.15) is 0 Å². The summed E-state index contributed by atoms with van der Waals surface area (Å²) in [6.07, 6.45) is 6.05. The molecule has 1 N–H and O–H groups in total. The molecule has 1 saturated carbocycles. The number of amides is 2. The number of benzene rings is 2. The first kappa shape index (κ1) is 22.0. The molecule has 1 aliphatic rings. The number of carbonyl (C=O) groups is 2. The molecule has 2 aromatic rings. The smallest absolute Gasteiger partial charge is 0.242 e. The Balaban J connectivity index is 1.70. The van der Waals surface area contributed by atoms with Crippen molar-refractivity contribution in [3.63, 3.8) is 0 Å². The Morgan fingerprint density at radius 3 is 2.40 bits per heavy atom. The standard InChI is InChI=1S/C25H31FN2O2/c1-19(25(30)27-22-13-6-3-7-14-22)28(17-16-20-10-4-2-5-11-20)24(29)18-21-12-8-9-15-23(21)26/h2,4-5,8-12,15,19,22H,3,6-7,13-14,16-18H2,1H3,(H,27,30)/t19-/m1/s1. The fraction of sp³-hybridized carbons (Fsp3) is 0.440. The van der Waals surface area contributed by atoms with E-state index in [-0.39, 0.29) is 24.3 Å². The van der Waals surface area contributed by atoms with Gasteiger partial charge in [0.05, 0.1) is 6.42 Å². The number of carbonyl (C=O) groups excluding carboxylic acids is 2. The summed E-state index contributed by atoms with van der Waals surface area (Å²) in [7, 11) is 0. The van der Waals surface area contributed by atoms with Crippen LogP contribution < -0.4 is 5.32 Å². The van der Waals surface area contributed by atoms with Crippen molar-refractivity contribution in [2.24, 2.45) is 0 Å². The molecule has 0 unspecified atom stereocenters. The van der Waals surface area contributed by atoms with Crippen LogP contribution in [-0.4, -0.2) is 35.3 Å². The van der Waals surface area contributed by atoms with Gasteiger partial charge in [-0.25, -0.2) is 4.39 Å². The monoisotopic (exact) mass is 410 g/mol. The Labute approximate surface area is 178 Å². The topological polar surface area (TPSA) is 49.4 Å². The van der Waals surface area contributed by atoms with E-state index in [9.17, 15) is 14.0 Å². The normalized spacial score (nSPS) is 15.4. The summed E-state index contributed by atoms with van der Waals surface area (Å²) in [5, 5.41) is 3.12. The first-order valence-electron chi connectivity index (χ1n) is 10.9. The average Bonchev–Trinajstić information content (AvgIpc) is 2.77. The zero-order valence-electron chi connectivity index (χ0n) is 17.6. The number of nitrogens with zero attached hydrogens (tertiary/aromatic N) is 1. The fourth-order valence-corrected chi connectivity index (χ4v) is 4.05. The highest BCUT2D eigenvalue weighted by Crippen LogP contribution is 2.18. The molecule has 0 bridgehead atoms. The van der Waals surface area contributed by atoms with Crippen LogP contribution in [0.3, 0.4) is 0 Å². The highest BCUT2D eigenvalue weighted by Gasteiger charge is 2.28. The molecule has 0 aromatic heterocycles. The molecule has 1 atom stereocenters. The zero-order chi connectivity index (χ0) is 21.3. The average molecular weight is 411 g/mol. The van der Waals surface area contributed by atoms with Crippen molar-refractivity contribution in [3.8, 4) is 0 Å². The van der Waals surface area contributed by atoms with E-state index in [1.54, 1.807) is 30.0 Å². The molecule has 3 rings (SSSR count). The Hall–Kier alpha value is -2.69. The molecule has 0 heterocycles. The molecule has 0 saturated heterocycles. The summed E-state index contributed by atoms with van der Waals surface area (Å²) in [6, 6.07) is 15.8. The Morgan fingerprint density at radius 1 is 1.03 bits per heavy atom. The molecular weight excluding hydrogens is 379 g/mol. The van der Waals surface area contributed by atoms with Crippen molar-refractivity contribution >= 4 is 11.8 Å². The van der Waals surface area contributed by atoms with E-state index >= 15 is 0 Å². The molecule has 30 heavy (non-hydrogen) atoms. The first-order chi connectivity index (χ1) is 14.5. The van der Waals surface area contributed by atoms with Crippen LogP contribution in [0.1, 0.15) is 50.2 Å². The van der Waals surface area contributed by atoms with Crippen molar-refractivity contribution < 1.29 is 14.0 Å². The third-order valence-electron chi connectivity index (χ3n) is 5.90. The Bertz CT molecular complexity index is 834. The van der Waals surface area contributed by atoms with Gasteiger partial charge < -0.3 is 10.2 Å². The number of halogens is 1. The van der Waals surface area contributed by atoms with Crippen LogP contribution in [0.15, 0.2) is 54.6 Å². The minimum atomic E-state index is -0.602. The lowest BCUT2D eigenvalue weighted by molar-refractivity contribution is -0.139. The third kappa shape index (κ3) is 6.15. The summed E-state index contributed by atoms with van der Waals surface area (Å²) < 4.78 is 14.1. The van der Waals surface area contributed by atoms with Crippen LogP contribution in [0.5, 0.6) is 0 Å². The number of hydrogen-bond acceptors (Lipinski definition) is 2. The number of nitrogens with one attached hydrogen (secondary N) is 1. The van der Waals surface area contributed by atoms with E-state index in [0.29, 0.717) is 18.5 Å². The van der Waals surface area contributed by atoms with Gasteiger partial charge in [0.2, 0.25) is 11.8 Å². The predicted octanol–water partition coefficient (Wildman–Crippen LogP) is 4.28. The Morgan fingerprint density at radius 2 is 1.70 bits per heavy atom. The van der Waals surface area contributed by atoms with E-state index in [4.69, 9.17) is 0 Å². The highest BCUT2D eigenvalue weighted by molar-refractivity contribution is 5.88. The molecule has 1 fully saturated rings. The number of rotatable bonds is 8. The van der Waals surface area contributed by atoms with Crippen LogP contribution >= 0.6 is 0 Å². The second-order valence-corrected chi connectivity index (χ2v) is 8.11. The summed E-state index contributed by atoms with van der Waals surface area (Å²) in [6.45, 7) is 2.18. The van der Waals surface area contributed by atoms with Crippen LogP contribution in [0.25, 0.3) is 0 Å². The zero-order valence-corrected chi connectivity index (χ0v) is 17.6. The van der Waals surface area contributed by atoms with E-state index in [2.05, 4.69) is 5.32 Å². The van der Waals surface area contributed by atoms with Crippen LogP contribution in [0, 0.1) is 5.82 Å². The van der Waals surface area contributed by atoms with Gasteiger partial charge in [0.25, 0.3) is 0 Å². The molecule has 0 aliphatic heterocycles. The maximum absolute atomic E-state index is 14.1. The van der Waals surface area contributed by atoms with Gasteiger partial charge >= 0.3 is 0 Å². The maximum Gasteiger partial charge on any atom is 0.242 e. The van der Waals surface area contributed by atoms with Crippen LogP contribution in [0.2, 0.25) is 0 Å². The van der Waals surface area contributed by atoms with E-state index in [1.807, 2.05) is 30.3 Å². The second-order valence-electron chi connectivity index (χ2n) is 8.11. The lowest BCUT2D eigenvalue weighted by atomic mass is 9.95. The summed E-state index contributed by atoms with van der Waals surface area (Å²) in [5.74, 6) is -0.757. The third-order valence-corrected chi connectivity index (χ3v) is 5.90. The molecule has 2 aromatic carbocycles. The molecule has 2 amide bonds. The van der Waals surface area contributed by atoms with Crippen molar-refractivity contribution in [2.75, 3.05) is 6.54 Å². The summed E-state index contributed by atoms with van der Waals surface area (Å²) in [5.41, 5.74) is 1.45. The van der Waals surface area contributed by atoms with Gasteiger partial charge in [0, 0.05) is 12.6 Å². The van der Waals surface area contributed by atoms with Crippen LogP contribution in [0.4, 0.5) is 4.39 Å². The van der Waals surface area contributed by atoms with Crippen molar-refractivity contribution in [2.45, 2.75) is 64.0 Å². The molecule has 0 radical (unpaired) electrons. The van der Waals surface area contributed by atoms with E-state index in [1.165, 1.54) is 12.5 Å². The molecular formula is C25H31FN2O2. The second kappa shape index (κ2) is 10.9. The van der Waals surface area contributed by atoms with Crippen molar-refractivity contribution in [1.82, 2.24) is 10.2 Å². The minimum absolute atomic E-state index is 0.0531.